The Morgan fingerprint density at radius 1 is 1.19 bits per heavy atom. The zero-order chi connectivity index (χ0) is 15.6. The second-order valence-electron chi connectivity index (χ2n) is 4.38. The minimum atomic E-state index is -3.89. The van der Waals surface area contributed by atoms with Gasteiger partial charge in [-0.3, -0.25) is 9.71 Å². The number of carboxylic acids is 1. The Morgan fingerprint density at radius 2 is 1.90 bits per heavy atom. The molecule has 0 atom stereocenters. The van der Waals surface area contributed by atoms with E-state index in [9.17, 15) is 13.2 Å². The molecule has 0 spiro atoms. The molecule has 0 radical (unpaired) electrons. The van der Waals surface area contributed by atoms with E-state index in [0.29, 0.717) is 11.4 Å². The lowest BCUT2D eigenvalue weighted by Gasteiger charge is -2.10. The Kier molecular flexibility index (Phi) is 3.90. The summed E-state index contributed by atoms with van der Waals surface area (Å²) in [5.41, 5.74) is 1.59. The van der Waals surface area contributed by atoms with Gasteiger partial charge >= 0.3 is 5.97 Å². The number of sulfonamides is 1. The minimum Gasteiger partial charge on any atom is -0.478 e. The molecule has 0 unspecified atom stereocenters. The number of rotatable bonds is 4. The van der Waals surface area contributed by atoms with E-state index < -0.39 is 16.0 Å². The molecular weight excluding hydrogens is 294 g/mol. The molecule has 0 aliphatic rings. The van der Waals surface area contributed by atoms with Gasteiger partial charge < -0.3 is 5.11 Å². The lowest BCUT2D eigenvalue weighted by molar-refractivity contribution is 0.0696. The van der Waals surface area contributed by atoms with Crippen molar-refractivity contribution in [2.24, 2.45) is 0 Å². The highest BCUT2D eigenvalue weighted by atomic mass is 32.2. The number of aromatic nitrogens is 2. The summed E-state index contributed by atoms with van der Waals surface area (Å²) in [7, 11) is -3.89. The Labute approximate surface area is 121 Å². The maximum atomic E-state index is 12.2. The summed E-state index contributed by atoms with van der Waals surface area (Å²) in [6.45, 7) is 3.49. The molecular formula is C13H13N3O4S. The van der Waals surface area contributed by atoms with Crippen LogP contribution in [0.2, 0.25) is 0 Å². The van der Waals surface area contributed by atoms with Gasteiger partial charge in [-0.2, -0.15) is 8.42 Å². The van der Waals surface area contributed by atoms with Crippen LogP contribution in [-0.4, -0.2) is 29.5 Å². The lowest BCUT2D eigenvalue weighted by atomic mass is 10.3. The number of aromatic carboxylic acids is 1. The second kappa shape index (κ2) is 5.49. The highest BCUT2D eigenvalue weighted by Crippen LogP contribution is 2.17. The van der Waals surface area contributed by atoms with Crippen LogP contribution in [0.3, 0.4) is 0 Å². The fourth-order valence-corrected chi connectivity index (χ4v) is 2.71. The van der Waals surface area contributed by atoms with Crippen LogP contribution < -0.4 is 4.72 Å². The third-order valence-electron chi connectivity index (χ3n) is 2.73. The number of carbonyl (C=O) groups is 1. The molecule has 2 aromatic heterocycles. The third kappa shape index (κ3) is 3.34. The van der Waals surface area contributed by atoms with Gasteiger partial charge in [0, 0.05) is 11.9 Å². The van der Waals surface area contributed by atoms with E-state index in [1.807, 2.05) is 0 Å². The molecule has 0 bridgehead atoms. The van der Waals surface area contributed by atoms with E-state index >= 15 is 0 Å². The van der Waals surface area contributed by atoms with Gasteiger partial charge in [-0.05, 0) is 38.1 Å². The third-order valence-corrected chi connectivity index (χ3v) is 4.01. The fraction of sp³-hybridized carbons (Fsp3) is 0.154. The van der Waals surface area contributed by atoms with E-state index in [1.165, 1.54) is 6.07 Å². The molecule has 0 saturated heterocycles. The summed E-state index contributed by atoms with van der Waals surface area (Å²) in [6, 6.07) is 5.62. The number of anilines is 1. The molecule has 21 heavy (non-hydrogen) atoms. The van der Waals surface area contributed by atoms with E-state index in [1.54, 1.807) is 26.0 Å². The zero-order valence-corrected chi connectivity index (χ0v) is 12.2. The van der Waals surface area contributed by atoms with Crippen molar-refractivity contribution in [3.05, 3.63) is 47.4 Å². The molecule has 0 aromatic carbocycles. The standard InChI is InChI=1S/C13H13N3O4S/c1-8-3-5-11(9(2)15-8)16-21(19,20)12-6-4-10(7-14-12)13(17)18/h3-7,16H,1-2H3,(H,17,18). The predicted octanol–water partition coefficient (Wildman–Crippen LogP) is 1.59. The Balaban J connectivity index is 2.31. The summed E-state index contributed by atoms with van der Waals surface area (Å²) in [5, 5.41) is 8.51. The van der Waals surface area contributed by atoms with Crippen molar-refractivity contribution in [1.82, 2.24) is 9.97 Å². The zero-order valence-electron chi connectivity index (χ0n) is 11.4. The molecule has 0 fully saturated rings. The molecule has 2 N–H and O–H groups in total. The number of nitrogens with one attached hydrogen (secondary N) is 1. The van der Waals surface area contributed by atoms with Gasteiger partial charge in [0.15, 0.2) is 5.03 Å². The van der Waals surface area contributed by atoms with Crippen molar-refractivity contribution >= 4 is 21.7 Å². The average molecular weight is 307 g/mol. The van der Waals surface area contributed by atoms with Crippen LogP contribution in [0.4, 0.5) is 5.69 Å². The largest absolute Gasteiger partial charge is 0.478 e. The number of carboxylic acid groups (broad SMARTS) is 1. The molecule has 0 aliphatic heterocycles. The number of pyridine rings is 2. The number of nitrogens with zero attached hydrogens (tertiary/aromatic N) is 2. The van der Waals surface area contributed by atoms with Crippen molar-refractivity contribution in [1.29, 1.82) is 0 Å². The van der Waals surface area contributed by atoms with Gasteiger partial charge in [0.25, 0.3) is 10.0 Å². The first-order valence-corrected chi connectivity index (χ1v) is 7.44. The molecule has 0 aliphatic carbocycles. The van der Waals surface area contributed by atoms with Crippen LogP contribution >= 0.6 is 0 Å². The second-order valence-corrected chi connectivity index (χ2v) is 6.01. The van der Waals surface area contributed by atoms with Crippen molar-refractivity contribution in [2.75, 3.05) is 4.72 Å². The van der Waals surface area contributed by atoms with Gasteiger partial charge in [-0.1, -0.05) is 0 Å². The topological polar surface area (TPSA) is 109 Å². The number of hydrogen-bond acceptors (Lipinski definition) is 5. The van der Waals surface area contributed by atoms with E-state index in [-0.39, 0.29) is 10.6 Å². The monoisotopic (exact) mass is 307 g/mol. The van der Waals surface area contributed by atoms with Gasteiger partial charge in [0.1, 0.15) is 0 Å². The van der Waals surface area contributed by atoms with Gasteiger partial charge in [0.05, 0.1) is 16.9 Å². The van der Waals surface area contributed by atoms with Gasteiger partial charge in [0.2, 0.25) is 0 Å². The van der Waals surface area contributed by atoms with Crippen LogP contribution in [0.1, 0.15) is 21.7 Å². The molecule has 8 heteroatoms. The summed E-state index contributed by atoms with van der Waals surface area (Å²) in [4.78, 5) is 18.5. The van der Waals surface area contributed by atoms with E-state index in [2.05, 4.69) is 14.7 Å². The molecule has 110 valence electrons. The average Bonchev–Trinajstić information content (AvgIpc) is 2.42. The van der Waals surface area contributed by atoms with Crippen molar-refractivity contribution in [3.63, 3.8) is 0 Å². The molecule has 7 nitrogen and oxygen atoms in total. The molecule has 2 heterocycles. The minimum absolute atomic E-state index is 0.0814. The van der Waals surface area contributed by atoms with Crippen LogP contribution in [-0.2, 0) is 10.0 Å². The number of hydrogen-bond donors (Lipinski definition) is 2. The van der Waals surface area contributed by atoms with Crippen molar-refractivity contribution in [2.45, 2.75) is 18.9 Å². The fourth-order valence-electron chi connectivity index (χ4n) is 1.66. The van der Waals surface area contributed by atoms with Crippen LogP contribution in [0, 0.1) is 13.8 Å². The molecule has 0 amide bonds. The predicted molar refractivity (Wildman–Crippen MR) is 75.7 cm³/mol. The molecule has 0 saturated carbocycles. The first kappa shape index (κ1) is 14.9. The highest BCUT2D eigenvalue weighted by Gasteiger charge is 2.18. The quantitative estimate of drug-likeness (QED) is 0.887. The Bertz CT molecular complexity index is 786. The lowest BCUT2D eigenvalue weighted by Crippen LogP contribution is -2.16. The van der Waals surface area contributed by atoms with Crippen molar-refractivity contribution in [3.8, 4) is 0 Å². The smallest absolute Gasteiger partial charge is 0.337 e. The highest BCUT2D eigenvalue weighted by molar-refractivity contribution is 7.92. The first-order valence-electron chi connectivity index (χ1n) is 5.96. The first-order chi connectivity index (χ1) is 9.79. The Morgan fingerprint density at radius 3 is 2.43 bits per heavy atom. The van der Waals surface area contributed by atoms with E-state index in [4.69, 9.17) is 5.11 Å². The van der Waals surface area contributed by atoms with Gasteiger partial charge in [-0.25, -0.2) is 9.78 Å². The van der Waals surface area contributed by atoms with Gasteiger partial charge in [-0.15, -0.1) is 0 Å². The van der Waals surface area contributed by atoms with Crippen LogP contribution in [0.25, 0.3) is 0 Å². The Hall–Kier alpha value is -2.48. The van der Waals surface area contributed by atoms with E-state index in [0.717, 1.165) is 18.0 Å². The normalized spacial score (nSPS) is 11.1. The van der Waals surface area contributed by atoms with Crippen LogP contribution in [0.15, 0.2) is 35.5 Å². The SMILES string of the molecule is Cc1ccc(NS(=O)(=O)c2ccc(C(=O)O)cn2)c(C)n1. The summed E-state index contributed by atoms with van der Waals surface area (Å²) >= 11 is 0. The summed E-state index contributed by atoms with van der Waals surface area (Å²) in [6.07, 6.45) is 0.997. The summed E-state index contributed by atoms with van der Waals surface area (Å²) in [5.74, 6) is -1.17. The molecule has 2 rings (SSSR count). The number of aryl methyl sites for hydroxylation is 2. The maximum Gasteiger partial charge on any atom is 0.337 e. The van der Waals surface area contributed by atoms with Crippen molar-refractivity contribution < 1.29 is 18.3 Å². The summed E-state index contributed by atoms with van der Waals surface area (Å²) < 4.78 is 26.7. The van der Waals surface area contributed by atoms with Crippen LogP contribution in [0.5, 0.6) is 0 Å². The molecule has 2 aromatic rings. The maximum absolute atomic E-state index is 12.2.